The molecule has 2 aliphatic heterocycles. The molecule has 28 heavy (non-hydrogen) atoms. The van der Waals surface area contributed by atoms with E-state index >= 15 is 0 Å². The van der Waals surface area contributed by atoms with Crippen LogP contribution >= 0.6 is 0 Å². The number of hydrogen-bond donors (Lipinski definition) is 3. The van der Waals surface area contributed by atoms with Gasteiger partial charge in [0.15, 0.2) is 0 Å². The van der Waals surface area contributed by atoms with E-state index in [1.165, 1.54) is 18.4 Å². The van der Waals surface area contributed by atoms with Crippen molar-refractivity contribution in [2.45, 2.75) is 44.9 Å². The fourth-order valence-electron chi connectivity index (χ4n) is 4.21. The Balaban J connectivity index is 1.35. The van der Waals surface area contributed by atoms with E-state index < -0.39 is 0 Å². The Morgan fingerprint density at radius 1 is 1.07 bits per heavy atom. The Hall–Kier alpha value is -1.92. The number of nitrogens with two attached hydrogens (primary N) is 1. The molecule has 0 spiro atoms. The van der Waals surface area contributed by atoms with Crippen LogP contribution in [0.4, 0.5) is 5.69 Å². The molecule has 0 atom stereocenters. The standard InChI is InChI=1S/C22H34N4O2/c23-22(28)19-10-15-26(16-11-19)14-9-17-1-4-20(5-2-17)25-21(27)6-3-18-7-12-24-13-8-18/h1-2,4-5,18-19,24H,3,6-16H2,(H2,23,28)(H,25,27). The molecule has 0 aromatic heterocycles. The van der Waals surface area contributed by atoms with Crippen molar-refractivity contribution in [1.29, 1.82) is 0 Å². The lowest BCUT2D eigenvalue weighted by atomic mass is 9.93. The van der Waals surface area contributed by atoms with E-state index in [1.807, 2.05) is 12.1 Å². The lowest BCUT2D eigenvalue weighted by molar-refractivity contribution is -0.123. The summed E-state index contributed by atoms with van der Waals surface area (Å²) in [5, 5.41) is 6.38. The van der Waals surface area contributed by atoms with E-state index in [0.29, 0.717) is 12.3 Å². The third kappa shape index (κ3) is 6.60. The highest BCUT2D eigenvalue weighted by Gasteiger charge is 2.22. The molecule has 3 rings (SSSR count). The molecule has 0 bridgehead atoms. The molecule has 0 unspecified atom stereocenters. The summed E-state index contributed by atoms with van der Waals surface area (Å²) < 4.78 is 0. The number of rotatable bonds is 8. The summed E-state index contributed by atoms with van der Waals surface area (Å²) in [6.45, 7) is 5.04. The lowest BCUT2D eigenvalue weighted by Crippen LogP contribution is -2.39. The minimum absolute atomic E-state index is 0.0499. The fraction of sp³-hybridized carbons (Fsp3) is 0.636. The number of carbonyl (C=O) groups is 2. The van der Waals surface area contributed by atoms with Gasteiger partial charge < -0.3 is 21.3 Å². The Morgan fingerprint density at radius 2 is 1.75 bits per heavy atom. The van der Waals surface area contributed by atoms with Crippen LogP contribution in [0.3, 0.4) is 0 Å². The highest BCUT2D eigenvalue weighted by Crippen LogP contribution is 2.19. The molecule has 2 fully saturated rings. The molecule has 154 valence electrons. The van der Waals surface area contributed by atoms with Crippen LogP contribution in [0.25, 0.3) is 0 Å². The molecule has 1 aromatic rings. The summed E-state index contributed by atoms with van der Waals surface area (Å²) in [5.74, 6) is 0.688. The van der Waals surface area contributed by atoms with Crippen LogP contribution in [0, 0.1) is 11.8 Å². The van der Waals surface area contributed by atoms with Crippen LogP contribution in [0.1, 0.15) is 44.1 Å². The second-order valence-corrected chi connectivity index (χ2v) is 8.25. The van der Waals surface area contributed by atoms with Crippen molar-refractivity contribution >= 4 is 17.5 Å². The topological polar surface area (TPSA) is 87.5 Å². The van der Waals surface area contributed by atoms with Crippen molar-refractivity contribution in [3.63, 3.8) is 0 Å². The first-order valence-corrected chi connectivity index (χ1v) is 10.7. The second kappa shape index (κ2) is 10.6. The molecule has 2 heterocycles. The maximum Gasteiger partial charge on any atom is 0.224 e. The quantitative estimate of drug-likeness (QED) is 0.639. The van der Waals surface area contributed by atoms with Crippen LogP contribution in [-0.4, -0.2) is 49.4 Å². The number of primary amides is 1. The molecular formula is C22H34N4O2. The van der Waals surface area contributed by atoms with E-state index in [9.17, 15) is 9.59 Å². The summed E-state index contributed by atoms with van der Waals surface area (Å²) >= 11 is 0. The number of hydrogen-bond acceptors (Lipinski definition) is 4. The third-order valence-corrected chi connectivity index (χ3v) is 6.18. The summed E-state index contributed by atoms with van der Waals surface area (Å²) in [7, 11) is 0. The smallest absolute Gasteiger partial charge is 0.224 e. The van der Waals surface area contributed by atoms with Crippen LogP contribution in [0.2, 0.25) is 0 Å². The number of nitrogens with one attached hydrogen (secondary N) is 2. The van der Waals surface area contributed by atoms with Crippen molar-refractivity contribution in [3.8, 4) is 0 Å². The number of piperidine rings is 2. The van der Waals surface area contributed by atoms with E-state index in [1.54, 1.807) is 0 Å². The molecule has 2 saturated heterocycles. The number of carbonyl (C=O) groups excluding carboxylic acids is 2. The summed E-state index contributed by atoms with van der Waals surface area (Å²) in [4.78, 5) is 25.8. The number of benzene rings is 1. The zero-order valence-corrected chi connectivity index (χ0v) is 16.8. The van der Waals surface area contributed by atoms with Gasteiger partial charge >= 0.3 is 0 Å². The predicted molar refractivity (Wildman–Crippen MR) is 112 cm³/mol. The van der Waals surface area contributed by atoms with E-state index in [4.69, 9.17) is 5.73 Å². The first kappa shape index (κ1) is 20.8. The van der Waals surface area contributed by atoms with Gasteiger partial charge in [0, 0.05) is 24.6 Å². The first-order valence-electron chi connectivity index (χ1n) is 10.7. The SMILES string of the molecule is NC(=O)C1CCN(CCc2ccc(NC(=O)CCC3CCNCC3)cc2)CC1. The predicted octanol–water partition coefficient (Wildman–Crippen LogP) is 2.14. The Kier molecular flexibility index (Phi) is 7.86. The van der Waals surface area contributed by atoms with Gasteiger partial charge in [-0.1, -0.05) is 12.1 Å². The van der Waals surface area contributed by atoms with Crippen LogP contribution in [0.5, 0.6) is 0 Å². The number of anilines is 1. The molecule has 6 heteroatoms. The Labute approximate surface area is 168 Å². The molecule has 2 amide bonds. The van der Waals surface area contributed by atoms with Gasteiger partial charge in [0.25, 0.3) is 0 Å². The summed E-state index contributed by atoms with van der Waals surface area (Å²) in [5.41, 5.74) is 7.54. The van der Waals surface area contributed by atoms with Gasteiger partial charge in [-0.2, -0.15) is 0 Å². The van der Waals surface area contributed by atoms with Crippen molar-refractivity contribution in [2.75, 3.05) is 38.0 Å². The molecule has 0 aliphatic carbocycles. The fourth-order valence-corrected chi connectivity index (χ4v) is 4.21. The zero-order valence-electron chi connectivity index (χ0n) is 16.8. The average Bonchev–Trinajstić information content (AvgIpc) is 2.73. The minimum atomic E-state index is -0.159. The Bertz CT molecular complexity index is 632. The van der Waals surface area contributed by atoms with Gasteiger partial charge in [-0.15, -0.1) is 0 Å². The molecule has 2 aliphatic rings. The highest BCUT2D eigenvalue weighted by molar-refractivity contribution is 5.90. The van der Waals surface area contributed by atoms with E-state index in [0.717, 1.165) is 64.1 Å². The maximum atomic E-state index is 12.2. The van der Waals surface area contributed by atoms with Gasteiger partial charge in [-0.05, 0) is 88.3 Å². The van der Waals surface area contributed by atoms with Gasteiger partial charge in [0.05, 0.1) is 0 Å². The zero-order chi connectivity index (χ0) is 19.8. The van der Waals surface area contributed by atoms with Crippen LogP contribution in [0.15, 0.2) is 24.3 Å². The van der Waals surface area contributed by atoms with Gasteiger partial charge in [-0.25, -0.2) is 0 Å². The molecule has 0 saturated carbocycles. The maximum absolute atomic E-state index is 12.2. The van der Waals surface area contributed by atoms with Gasteiger partial charge in [0.2, 0.25) is 11.8 Å². The molecule has 1 aromatic carbocycles. The number of nitrogens with zero attached hydrogens (tertiary/aromatic N) is 1. The number of likely N-dealkylation sites (tertiary alicyclic amines) is 1. The number of amides is 2. The summed E-state index contributed by atoms with van der Waals surface area (Å²) in [6, 6.07) is 8.19. The average molecular weight is 387 g/mol. The van der Waals surface area contributed by atoms with E-state index in [-0.39, 0.29) is 17.7 Å². The molecular weight excluding hydrogens is 352 g/mol. The second-order valence-electron chi connectivity index (χ2n) is 8.25. The normalized spacial score (nSPS) is 19.4. The highest BCUT2D eigenvalue weighted by atomic mass is 16.2. The van der Waals surface area contributed by atoms with E-state index in [2.05, 4.69) is 27.7 Å². The monoisotopic (exact) mass is 386 g/mol. The molecule has 4 N–H and O–H groups in total. The van der Waals surface area contributed by atoms with Crippen LogP contribution < -0.4 is 16.4 Å². The molecule has 6 nitrogen and oxygen atoms in total. The van der Waals surface area contributed by atoms with Crippen molar-refractivity contribution in [1.82, 2.24) is 10.2 Å². The minimum Gasteiger partial charge on any atom is -0.369 e. The van der Waals surface area contributed by atoms with Crippen LogP contribution in [-0.2, 0) is 16.0 Å². The summed E-state index contributed by atoms with van der Waals surface area (Å²) in [6.07, 6.45) is 6.68. The van der Waals surface area contributed by atoms with Crippen molar-refractivity contribution in [3.05, 3.63) is 29.8 Å². The van der Waals surface area contributed by atoms with Crippen molar-refractivity contribution < 1.29 is 9.59 Å². The van der Waals surface area contributed by atoms with Gasteiger partial charge in [-0.3, -0.25) is 9.59 Å². The Morgan fingerprint density at radius 3 is 2.39 bits per heavy atom. The lowest BCUT2D eigenvalue weighted by Gasteiger charge is -2.30. The van der Waals surface area contributed by atoms with Crippen molar-refractivity contribution in [2.24, 2.45) is 17.6 Å². The largest absolute Gasteiger partial charge is 0.369 e. The van der Waals surface area contributed by atoms with Gasteiger partial charge in [0.1, 0.15) is 0 Å². The third-order valence-electron chi connectivity index (χ3n) is 6.18. The first-order chi connectivity index (χ1) is 13.6. The molecule has 0 radical (unpaired) electrons.